The predicted molar refractivity (Wildman–Crippen MR) is 82.8 cm³/mol. The first-order valence-corrected chi connectivity index (χ1v) is 7.29. The van der Waals surface area contributed by atoms with Gasteiger partial charge in [0.1, 0.15) is 10.6 Å². The number of anilines is 2. The van der Waals surface area contributed by atoms with Crippen LogP contribution in [-0.2, 0) is 6.42 Å². The van der Waals surface area contributed by atoms with Gasteiger partial charge in [-0.25, -0.2) is 4.98 Å². The maximum absolute atomic E-state index is 5.78. The van der Waals surface area contributed by atoms with Crippen LogP contribution in [0.3, 0.4) is 0 Å². The molecule has 0 radical (unpaired) electrons. The summed E-state index contributed by atoms with van der Waals surface area (Å²) in [7, 11) is 4.13. The van der Waals surface area contributed by atoms with Crippen LogP contribution in [0.1, 0.15) is 18.7 Å². The number of nitrogens with zero attached hydrogens (tertiary/aromatic N) is 3. The average molecular weight is 279 g/mol. The number of fused-ring (bicyclic) bond motifs is 1. The highest BCUT2D eigenvalue weighted by atomic mass is 32.1. The summed E-state index contributed by atoms with van der Waals surface area (Å²) in [6.45, 7) is 5.14. The number of nitrogens with one attached hydrogen (secondary N) is 1. The Labute approximate surface area is 117 Å². The van der Waals surface area contributed by atoms with Gasteiger partial charge in [0.25, 0.3) is 0 Å². The van der Waals surface area contributed by atoms with Gasteiger partial charge in [0.2, 0.25) is 5.95 Å². The number of nitrogen functional groups attached to an aromatic ring is 1. The van der Waals surface area contributed by atoms with Gasteiger partial charge in [0, 0.05) is 17.5 Å². The lowest BCUT2D eigenvalue weighted by Crippen LogP contribution is -2.31. The van der Waals surface area contributed by atoms with Gasteiger partial charge in [-0.1, -0.05) is 6.92 Å². The largest absolute Gasteiger partial charge is 0.368 e. The van der Waals surface area contributed by atoms with Crippen molar-refractivity contribution in [1.29, 1.82) is 0 Å². The molecule has 0 bridgehead atoms. The van der Waals surface area contributed by atoms with E-state index in [-0.39, 0.29) is 0 Å². The van der Waals surface area contributed by atoms with E-state index in [0.29, 0.717) is 12.0 Å². The molecule has 0 saturated heterocycles. The van der Waals surface area contributed by atoms with Crippen LogP contribution >= 0.6 is 11.3 Å². The Morgan fingerprint density at radius 1 is 1.42 bits per heavy atom. The summed E-state index contributed by atoms with van der Waals surface area (Å²) < 4.78 is 0. The number of thiophene rings is 1. The second kappa shape index (κ2) is 5.71. The summed E-state index contributed by atoms with van der Waals surface area (Å²) in [5.74, 6) is 1.17. The van der Waals surface area contributed by atoms with E-state index in [1.165, 1.54) is 4.88 Å². The molecule has 19 heavy (non-hydrogen) atoms. The lowest BCUT2D eigenvalue weighted by Gasteiger charge is -2.20. The molecule has 1 unspecified atom stereocenters. The van der Waals surface area contributed by atoms with E-state index in [4.69, 9.17) is 5.73 Å². The van der Waals surface area contributed by atoms with Gasteiger partial charge >= 0.3 is 0 Å². The van der Waals surface area contributed by atoms with Crippen LogP contribution in [0.4, 0.5) is 11.8 Å². The molecule has 104 valence electrons. The monoisotopic (exact) mass is 279 g/mol. The van der Waals surface area contributed by atoms with E-state index in [2.05, 4.69) is 54.2 Å². The molecule has 0 aliphatic carbocycles. The quantitative estimate of drug-likeness (QED) is 0.878. The summed E-state index contributed by atoms with van der Waals surface area (Å²) in [6.07, 6.45) is 1.01. The first kappa shape index (κ1) is 14.0. The average Bonchev–Trinajstić information content (AvgIpc) is 2.78. The zero-order chi connectivity index (χ0) is 14.0. The Morgan fingerprint density at radius 2 is 2.16 bits per heavy atom. The normalized spacial score (nSPS) is 13.1. The molecule has 0 amide bonds. The smallest absolute Gasteiger partial charge is 0.223 e. The molecule has 0 aliphatic heterocycles. The van der Waals surface area contributed by atoms with E-state index in [1.807, 2.05) is 0 Å². The Bertz CT molecular complexity index is 563. The molecule has 2 aromatic heterocycles. The molecule has 5 nitrogen and oxygen atoms in total. The maximum Gasteiger partial charge on any atom is 0.223 e. The van der Waals surface area contributed by atoms with Crippen LogP contribution in [0.5, 0.6) is 0 Å². The minimum atomic E-state index is 0.331. The Balaban J connectivity index is 2.28. The summed E-state index contributed by atoms with van der Waals surface area (Å²) in [5.41, 5.74) is 5.78. The van der Waals surface area contributed by atoms with E-state index in [9.17, 15) is 0 Å². The lowest BCUT2D eigenvalue weighted by molar-refractivity contribution is 0.326. The highest BCUT2D eigenvalue weighted by Gasteiger charge is 2.11. The van der Waals surface area contributed by atoms with Gasteiger partial charge in [-0.2, -0.15) is 4.98 Å². The van der Waals surface area contributed by atoms with Crippen molar-refractivity contribution in [1.82, 2.24) is 14.9 Å². The molecule has 0 aromatic carbocycles. The SMILES string of the molecule is CCc1cc2c(NCC(C)N(C)C)nc(N)nc2s1. The van der Waals surface area contributed by atoms with Crippen molar-refractivity contribution in [3.63, 3.8) is 0 Å². The zero-order valence-corrected chi connectivity index (χ0v) is 12.7. The summed E-state index contributed by atoms with van der Waals surface area (Å²) in [6, 6.07) is 2.58. The third-order valence-corrected chi connectivity index (χ3v) is 4.43. The second-order valence-corrected chi connectivity index (χ2v) is 6.02. The van der Waals surface area contributed by atoms with E-state index in [1.54, 1.807) is 11.3 Å². The van der Waals surface area contributed by atoms with Gasteiger partial charge < -0.3 is 16.0 Å². The maximum atomic E-state index is 5.78. The molecule has 0 spiro atoms. The molecular weight excluding hydrogens is 258 g/mol. The molecule has 2 rings (SSSR count). The van der Waals surface area contributed by atoms with Crippen LogP contribution in [0.25, 0.3) is 10.2 Å². The van der Waals surface area contributed by atoms with Crippen molar-refractivity contribution >= 4 is 33.3 Å². The van der Waals surface area contributed by atoms with Gasteiger partial charge in [-0.3, -0.25) is 0 Å². The fourth-order valence-corrected chi connectivity index (χ4v) is 2.70. The Kier molecular flexibility index (Phi) is 4.21. The van der Waals surface area contributed by atoms with Crippen molar-refractivity contribution in [3.8, 4) is 0 Å². The van der Waals surface area contributed by atoms with Crippen molar-refractivity contribution in [2.24, 2.45) is 0 Å². The van der Waals surface area contributed by atoms with Gasteiger partial charge in [-0.05, 0) is 33.5 Å². The van der Waals surface area contributed by atoms with Crippen LogP contribution < -0.4 is 11.1 Å². The zero-order valence-electron chi connectivity index (χ0n) is 11.9. The molecular formula is C13H21N5S. The number of aromatic nitrogens is 2. The number of aryl methyl sites for hydroxylation is 1. The van der Waals surface area contributed by atoms with Crippen LogP contribution in [-0.4, -0.2) is 41.5 Å². The van der Waals surface area contributed by atoms with E-state index < -0.39 is 0 Å². The molecule has 3 N–H and O–H groups in total. The predicted octanol–water partition coefficient (Wildman–Crippen LogP) is 2.20. The second-order valence-electron chi connectivity index (χ2n) is 4.91. The fraction of sp³-hybridized carbons (Fsp3) is 0.538. The van der Waals surface area contributed by atoms with Crippen molar-refractivity contribution in [2.45, 2.75) is 26.3 Å². The summed E-state index contributed by atoms with van der Waals surface area (Å²) in [5, 5.41) is 4.45. The highest BCUT2D eigenvalue weighted by molar-refractivity contribution is 7.18. The third kappa shape index (κ3) is 3.13. The molecule has 0 aliphatic rings. The number of rotatable bonds is 5. The van der Waals surface area contributed by atoms with E-state index in [0.717, 1.165) is 29.0 Å². The molecule has 0 saturated carbocycles. The van der Waals surface area contributed by atoms with E-state index >= 15 is 0 Å². The van der Waals surface area contributed by atoms with Crippen LogP contribution in [0, 0.1) is 0 Å². The highest BCUT2D eigenvalue weighted by Crippen LogP contribution is 2.29. The molecule has 2 heterocycles. The van der Waals surface area contributed by atoms with Crippen LogP contribution in [0.15, 0.2) is 6.07 Å². The van der Waals surface area contributed by atoms with Crippen LogP contribution in [0.2, 0.25) is 0 Å². The fourth-order valence-electron chi connectivity index (χ4n) is 1.72. The van der Waals surface area contributed by atoms with Gasteiger partial charge in [0.05, 0.1) is 5.39 Å². The third-order valence-electron chi connectivity index (χ3n) is 3.26. The first-order chi connectivity index (χ1) is 9.01. The summed E-state index contributed by atoms with van der Waals surface area (Å²) in [4.78, 5) is 13.1. The van der Waals surface area contributed by atoms with Crippen molar-refractivity contribution < 1.29 is 0 Å². The minimum Gasteiger partial charge on any atom is -0.368 e. The minimum absolute atomic E-state index is 0.331. The van der Waals surface area contributed by atoms with Gasteiger partial charge in [-0.15, -0.1) is 11.3 Å². The Morgan fingerprint density at radius 3 is 2.79 bits per heavy atom. The molecule has 0 fully saturated rings. The number of hydrogen-bond donors (Lipinski definition) is 2. The number of likely N-dealkylation sites (N-methyl/N-ethyl adjacent to an activating group) is 1. The summed E-state index contributed by atoms with van der Waals surface area (Å²) >= 11 is 1.68. The topological polar surface area (TPSA) is 67.1 Å². The van der Waals surface area contributed by atoms with Crippen molar-refractivity contribution in [3.05, 3.63) is 10.9 Å². The molecule has 6 heteroatoms. The number of nitrogens with two attached hydrogens (primary N) is 1. The first-order valence-electron chi connectivity index (χ1n) is 6.47. The lowest BCUT2D eigenvalue weighted by atomic mass is 10.3. The molecule has 1 atom stereocenters. The standard InChI is InChI=1S/C13H21N5S/c1-5-9-6-10-11(15-7-8(2)18(3)4)16-13(14)17-12(10)19-9/h6,8H,5,7H2,1-4H3,(H3,14,15,16,17). The molecule has 2 aromatic rings. The number of hydrogen-bond acceptors (Lipinski definition) is 6. The Hall–Kier alpha value is -1.40. The van der Waals surface area contributed by atoms with Crippen molar-refractivity contribution in [2.75, 3.05) is 31.7 Å². The van der Waals surface area contributed by atoms with Gasteiger partial charge in [0.15, 0.2) is 0 Å².